The molecule has 2 aromatic rings. The van der Waals surface area contributed by atoms with E-state index in [-0.39, 0.29) is 11.8 Å². The number of amides is 2. The van der Waals surface area contributed by atoms with Gasteiger partial charge in [0.05, 0.1) is 22.5 Å². The number of hydrogen-bond acceptors (Lipinski definition) is 4. The Morgan fingerprint density at radius 1 is 0.852 bits per heavy atom. The molecule has 0 radical (unpaired) electrons. The van der Waals surface area contributed by atoms with Crippen LogP contribution in [0.1, 0.15) is 52.4 Å². The van der Waals surface area contributed by atoms with Gasteiger partial charge in [0.25, 0.3) is 11.8 Å². The largest absolute Gasteiger partial charge is 0.352 e. The van der Waals surface area contributed by atoms with Gasteiger partial charge in [0.15, 0.2) is 0 Å². The molecule has 0 aliphatic rings. The van der Waals surface area contributed by atoms with Crippen molar-refractivity contribution in [3.05, 3.63) is 32.8 Å². The average Bonchev–Trinajstić information content (AvgIpc) is 3.10. The Hall–Kier alpha value is -2.06. The Labute approximate surface area is 168 Å². The lowest BCUT2D eigenvalue weighted by atomic mass is 10.2. The molecule has 148 valence electrons. The van der Waals surface area contributed by atoms with E-state index in [1.54, 1.807) is 14.1 Å². The van der Waals surface area contributed by atoms with Crippen molar-refractivity contribution >= 4 is 35.0 Å². The lowest BCUT2D eigenvalue weighted by Gasteiger charge is -2.07. The molecule has 0 spiro atoms. The van der Waals surface area contributed by atoms with Crippen molar-refractivity contribution in [2.45, 2.75) is 33.1 Å². The highest BCUT2D eigenvalue weighted by molar-refractivity contribution is 6.33. The summed E-state index contributed by atoms with van der Waals surface area (Å²) in [6.45, 7) is 4.63. The van der Waals surface area contributed by atoms with Crippen molar-refractivity contribution in [3.8, 4) is 0 Å². The van der Waals surface area contributed by atoms with Crippen LogP contribution in [0, 0.1) is 0 Å². The minimum Gasteiger partial charge on any atom is -0.352 e. The summed E-state index contributed by atoms with van der Waals surface area (Å²) >= 11 is 12.3. The molecule has 10 heteroatoms. The zero-order chi connectivity index (χ0) is 20.1. The summed E-state index contributed by atoms with van der Waals surface area (Å²) in [6.07, 6.45) is 1.80. The van der Waals surface area contributed by atoms with Crippen molar-refractivity contribution in [1.29, 1.82) is 0 Å². The van der Waals surface area contributed by atoms with Crippen LogP contribution in [-0.4, -0.2) is 44.5 Å². The van der Waals surface area contributed by atoms with E-state index in [2.05, 4.69) is 20.8 Å². The number of nitrogens with one attached hydrogen (secondary N) is 2. The van der Waals surface area contributed by atoms with Crippen LogP contribution in [0.5, 0.6) is 0 Å². The van der Waals surface area contributed by atoms with Gasteiger partial charge in [0.2, 0.25) is 0 Å². The van der Waals surface area contributed by atoms with Crippen molar-refractivity contribution in [1.82, 2.24) is 30.2 Å². The standard InChI is InChI=1S/C17H24Cl2N6O2/c1-5-10-12(14(18)24(3)22-10)16(26)20-8-7-9-21-17(27)13-11(6-2)23-25(4)15(13)19/h5-9H2,1-4H3,(H,20,26)(H,21,27). The van der Waals surface area contributed by atoms with Gasteiger partial charge in [-0.15, -0.1) is 0 Å². The van der Waals surface area contributed by atoms with E-state index >= 15 is 0 Å². The quantitative estimate of drug-likeness (QED) is 0.646. The molecule has 0 atom stereocenters. The highest BCUT2D eigenvalue weighted by Crippen LogP contribution is 2.20. The number of carbonyl (C=O) groups is 2. The number of aromatic nitrogens is 4. The summed E-state index contributed by atoms with van der Waals surface area (Å²) in [5, 5.41) is 14.7. The third kappa shape index (κ3) is 4.62. The van der Waals surface area contributed by atoms with Gasteiger partial charge in [-0.3, -0.25) is 19.0 Å². The van der Waals surface area contributed by atoms with E-state index in [1.165, 1.54) is 9.36 Å². The Kier molecular flexibility index (Phi) is 7.26. The second kappa shape index (κ2) is 9.23. The Bertz CT molecular complexity index is 775. The minimum atomic E-state index is -0.264. The van der Waals surface area contributed by atoms with Crippen molar-refractivity contribution in [2.75, 3.05) is 13.1 Å². The minimum absolute atomic E-state index is 0.264. The van der Waals surface area contributed by atoms with Crippen molar-refractivity contribution in [3.63, 3.8) is 0 Å². The second-order valence-corrected chi connectivity index (χ2v) is 6.76. The van der Waals surface area contributed by atoms with Crippen LogP contribution in [0.25, 0.3) is 0 Å². The number of aryl methyl sites for hydroxylation is 4. The lowest BCUT2D eigenvalue weighted by Crippen LogP contribution is -2.30. The van der Waals surface area contributed by atoms with E-state index in [0.29, 0.717) is 65.2 Å². The number of nitrogens with zero attached hydrogens (tertiary/aromatic N) is 4. The maximum atomic E-state index is 12.3. The van der Waals surface area contributed by atoms with Crippen molar-refractivity contribution in [2.24, 2.45) is 14.1 Å². The second-order valence-electron chi connectivity index (χ2n) is 6.04. The first-order chi connectivity index (χ1) is 12.8. The predicted molar refractivity (Wildman–Crippen MR) is 104 cm³/mol. The lowest BCUT2D eigenvalue weighted by molar-refractivity contribution is 0.0951. The molecule has 0 aliphatic carbocycles. The van der Waals surface area contributed by atoms with E-state index < -0.39 is 0 Å². The topological polar surface area (TPSA) is 93.8 Å². The monoisotopic (exact) mass is 414 g/mol. The van der Waals surface area contributed by atoms with Crippen molar-refractivity contribution < 1.29 is 9.59 Å². The van der Waals surface area contributed by atoms with Gasteiger partial charge in [-0.25, -0.2) is 0 Å². The highest BCUT2D eigenvalue weighted by Gasteiger charge is 2.21. The molecule has 2 N–H and O–H groups in total. The first-order valence-corrected chi connectivity index (χ1v) is 9.56. The molecule has 0 fully saturated rings. The molecule has 0 saturated carbocycles. The molecule has 8 nitrogen and oxygen atoms in total. The van der Waals surface area contributed by atoms with Gasteiger partial charge in [-0.05, 0) is 19.3 Å². The van der Waals surface area contributed by atoms with Crippen LogP contribution in [0.4, 0.5) is 0 Å². The fourth-order valence-corrected chi connectivity index (χ4v) is 3.19. The Morgan fingerprint density at radius 3 is 1.56 bits per heavy atom. The summed E-state index contributed by atoms with van der Waals surface area (Å²) in [6, 6.07) is 0. The highest BCUT2D eigenvalue weighted by atomic mass is 35.5. The third-order valence-electron chi connectivity index (χ3n) is 4.15. The Balaban J connectivity index is 1.84. The maximum absolute atomic E-state index is 12.3. The van der Waals surface area contributed by atoms with Crippen LogP contribution >= 0.6 is 23.2 Å². The molecule has 27 heavy (non-hydrogen) atoms. The molecule has 0 aromatic carbocycles. The summed E-state index contributed by atoms with van der Waals surface area (Å²) in [7, 11) is 3.39. The van der Waals surface area contributed by atoms with Gasteiger partial charge in [-0.1, -0.05) is 37.0 Å². The first-order valence-electron chi connectivity index (χ1n) is 8.80. The summed E-state index contributed by atoms with van der Waals surface area (Å²) in [4.78, 5) is 24.7. The fourth-order valence-electron chi connectivity index (χ4n) is 2.73. The summed E-state index contributed by atoms with van der Waals surface area (Å²) in [5.41, 5.74) is 2.12. The smallest absolute Gasteiger partial charge is 0.256 e. The maximum Gasteiger partial charge on any atom is 0.256 e. The van der Waals surface area contributed by atoms with Crippen LogP contribution in [-0.2, 0) is 26.9 Å². The Morgan fingerprint density at radius 2 is 1.22 bits per heavy atom. The molecular weight excluding hydrogens is 391 g/mol. The van der Waals surface area contributed by atoms with Crippen LogP contribution in [0.15, 0.2) is 0 Å². The average molecular weight is 415 g/mol. The number of halogens is 2. The normalized spacial score (nSPS) is 10.9. The first kappa shape index (κ1) is 21.2. The predicted octanol–water partition coefficient (Wildman–Crippen LogP) is 2.14. The van der Waals surface area contributed by atoms with Gasteiger partial charge in [-0.2, -0.15) is 10.2 Å². The zero-order valence-corrected chi connectivity index (χ0v) is 17.4. The van der Waals surface area contributed by atoms with Gasteiger partial charge < -0.3 is 10.6 Å². The molecule has 2 aromatic heterocycles. The zero-order valence-electron chi connectivity index (χ0n) is 15.9. The summed E-state index contributed by atoms with van der Waals surface area (Å²) < 4.78 is 2.97. The molecule has 0 bridgehead atoms. The van der Waals surface area contributed by atoms with Crippen LogP contribution < -0.4 is 10.6 Å². The third-order valence-corrected chi connectivity index (χ3v) is 5.02. The van der Waals surface area contributed by atoms with E-state index in [4.69, 9.17) is 23.2 Å². The summed E-state index contributed by atoms with van der Waals surface area (Å²) in [5.74, 6) is -0.528. The molecule has 2 heterocycles. The molecular formula is C17H24Cl2N6O2. The molecule has 2 amide bonds. The van der Waals surface area contributed by atoms with Gasteiger partial charge in [0, 0.05) is 27.2 Å². The van der Waals surface area contributed by atoms with Crippen LogP contribution in [0.2, 0.25) is 10.3 Å². The van der Waals surface area contributed by atoms with Gasteiger partial charge in [0.1, 0.15) is 10.3 Å². The molecule has 2 rings (SSSR count). The fraction of sp³-hybridized carbons (Fsp3) is 0.529. The van der Waals surface area contributed by atoms with E-state index in [9.17, 15) is 9.59 Å². The van der Waals surface area contributed by atoms with Crippen LogP contribution in [0.3, 0.4) is 0 Å². The van der Waals surface area contributed by atoms with Gasteiger partial charge >= 0.3 is 0 Å². The van der Waals surface area contributed by atoms with E-state index in [1.807, 2.05) is 13.8 Å². The number of hydrogen-bond donors (Lipinski definition) is 2. The van der Waals surface area contributed by atoms with E-state index in [0.717, 1.165) is 0 Å². The molecule has 0 aliphatic heterocycles. The number of carbonyl (C=O) groups excluding carboxylic acids is 2. The molecule has 0 saturated heterocycles. The number of rotatable bonds is 8. The molecule has 0 unspecified atom stereocenters. The SMILES string of the molecule is CCc1nn(C)c(Cl)c1C(=O)NCCCNC(=O)c1c(CC)nn(C)c1Cl.